The van der Waals surface area contributed by atoms with Gasteiger partial charge in [-0.1, -0.05) is 62.4 Å². The summed E-state index contributed by atoms with van der Waals surface area (Å²) in [5.74, 6) is -4.38. The summed E-state index contributed by atoms with van der Waals surface area (Å²) in [5, 5.41) is 39.3. The molecule has 2 fully saturated rings. The third-order valence-electron chi connectivity index (χ3n) is 12.2. The van der Waals surface area contributed by atoms with Crippen molar-refractivity contribution in [3.05, 3.63) is 82.9 Å². The SMILES string of the molecule is CCOC(=O)N[C@@H](c1ccccc1)[C@@H](O)C(=O)O[C@H]1C[C@@]2(O)[C@@H](OC(=O)c3ccccc3)C[C@@](C)([C@@H](O)C[C@H]3OC[C@]3(C)OC(C)=O)C(=O)[C@H](OC(C)=O)C(=C1C)C2(C)C. The van der Waals surface area contributed by atoms with Crippen LogP contribution in [0.3, 0.4) is 0 Å². The fourth-order valence-corrected chi connectivity index (χ4v) is 8.65. The Labute approximate surface area is 348 Å². The van der Waals surface area contributed by atoms with E-state index in [4.69, 9.17) is 28.4 Å². The number of aliphatic hydroxyl groups is 3. The molecule has 60 heavy (non-hydrogen) atoms. The zero-order valence-corrected chi connectivity index (χ0v) is 35.1. The average Bonchev–Trinajstić information content (AvgIpc) is 3.19. The van der Waals surface area contributed by atoms with Gasteiger partial charge in [0, 0.05) is 38.5 Å². The minimum absolute atomic E-state index is 0.00736. The largest absolute Gasteiger partial charge is 0.456 e. The summed E-state index contributed by atoms with van der Waals surface area (Å²) in [6, 6.07) is 14.7. The lowest BCUT2D eigenvalue weighted by Gasteiger charge is -2.57. The number of nitrogens with one attached hydrogen (secondary N) is 1. The average molecular weight is 838 g/mol. The second kappa shape index (κ2) is 17.8. The molecule has 4 N–H and O–H groups in total. The summed E-state index contributed by atoms with van der Waals surface area (Å²) in [6.07, 6.45) is -11.5. The van der Waals surface area contributed by atoms with Gasteiger partial charge in [0.05, 0.1) is 36.3 Å². The molecule has 1 saturated carbocycles. The van der Waals surface area contributed by atoms with Crippen molar-refractivity contribution in [2.45, 2.75) is 129 Å². The Kier molecular flexibility index (Phi) is 13.6. The van der Waals surface area contributed by atoms with Gasteiger partial charge in [-0.05, 0) is 56.5 Å². The van der Waals surface area contributed by atoms with E-state index >= 15 is 4.79 Å². The van der Waals surface area contributed by atoms with Gasteiger partial charge >= 0.3 is 30.0 Å². The maximum Gasteiger partial charge on any atom is 0.407 e. The van der Waals surface area contributed by atoms with Crippen molar-refractivity contribution in [2.24, 2.45) is 10.8 Å². The number of rotatable bonds is 13. The van der Waals surface area contributed by atoms with Crippen LogP contribution in [0.4, 0.5) is 4.79 Å². The minimum Gasteiger partial charge on any atom is -0.456 e. The summed E-state index contributed by atoms with van der Waals surface area (Å²) in [5.41, 5.74) is -6.23. The van der Waals surface area contributed by atoms with E-state index in [1.807, 2.05) is 0 Å². The van der Waals surface area contributed by atoms with Crippen LogP contribution in [0.5, 0.6) is 0 Å². The van der Waals surface area contributed by atoms with E-state index in [1.165, 1.54) is 32.9 Å². The number of hydrogen-bond donors (Lipinski definition) is 4. The maximum atomic E-state index is 15.2. The molecule has 2 aliphatic carbocycles. The molecule has 1 saturated heterocycles. The van der Waals surface area contributed by atoms with Gasteiger partial charge in [0.15, 0.2) is 23.6 Å². The predicted octanol–water partition coefficient (Wildman–Crippen LogP) is 3.83. The number of esters is 4. The molecular weight excluding hydrogens is 782 g/mol. The van der Waals surface area contributed by atoms with Crippen molar-refractivity contribution in [2.75, 3.05) is 13.2 Å². The molecular formula is C44H55NO15. The van der Waals surface area contributed by atoms with E-state index in [2.05, 4.69) is 5.32 Å². The lowest BCUT2D eigenvalue weighted by Crippen LogP contribution is -2.68. The van der Waals surface area contributed by atoms with Crippen LogP contribution in [0, 0.1) is 10.8 Å². The van der Waals surface area contributed by atoms with Crippen molar-refractivity contribution in [1.29, 1.82) is 0 Å². The molecule has 0 spiro atoms. The first kappa shape index (κ1) is 45.9. The van der Waals surface area contributed by atoms with Crippen LogP contribution >= 0.6 is 0 Å². The molecule has 326 valence electrons. The van der Waals surface area contributed by atoms with Gasteiger partial charge in [-0.15, -0.1) is 0 Å². The van der Waals surface area contributed by atoms with Gasteiger partial charge in [-0.3, -0.25) is 14.4 Å². The first-order chi connectivity index (χ1) is 28.1. The molecule has 16 heteroatoms. The second-order valence-corrected chi connectivity index (χ2v) is 16.7. The van der Waals surface area contributed by atoms with Crippen LogP contribution in [0.25, 0.3) is 0 Å². The van der Waals surface area contributed by atoms with Crippen LogP contribution in [-0.2, 0) is 47.6 Å². The number of hydrogen-bond acceptors (Lipinski definition) is 15. The molecule has 0 radical (unpaired) electrons. The van der Waals surface area contributed by atoms with Crippen LogP contribution in [-0.4, -0.2) is 112 Å². The zero-order valence-electron chi connectivity index (χ0n) is 35.1. The third kappa shape index (κ3) is 8.97. The Hall–Kier alpha value is -5.16. The van der Waals surface area contributed by atoms with Crippen molar-refractivity contribution in [1.82, 2.24) is 5.32 Å². The van der Waals surface area contributed by atoms with Crippen LogP contribution in [0.2, 0.25) is 0 Å². The highest BCUT2D eigenvalue weighted by Gasteiger charge is 2.66. The molecule has 16 nitrogen and oxygen atoms in total. The summed E-state index contributed by atoms with van der Waals surface area (Å²) in [4.78, 5) is 80.4. The smallest absolute Gasteiger partial charge is 0.407 e. The number of aliphatic hydroxyl groups excluding tert-OH is 2. The normalized spacial score (nSPS) is 29.9. The Bertz CT molecular complexity index is 1980. The number of carbonyl (C=O) groups is 6. The number of carbonyl (C=O) groups excluding carboxylic acids is 6. The van der Waals surface area contributed by atoms with E-state index in [-0.39, 0.29) is 36.3 Å². The lowest BCUT2D eigenvalue weighted by atomic mass is 9.52. The molecule has 1 aliphatic heterocycles. The molecule has 2 aromatic rings. The fraction of sp³-hybridized carbons (Fsp3) is 0.545. The van der Waals surface area contributed by atoms with Gasteiger partial charge in [-0.25, -0.2) is 14.4 Å². The minimum atomic E-state index is -2.23. The zero-order chi connectivity index (χ0) is 44.4. The van der Waals surface area contributed by atoms with Crippen molar-refractivity contribution < 1.29 is 72.5 Å². The quantitative estimate of drug-likeness (QED) is 0.128. The second-order valence-electron chi connectivity index (χ2n) is 16.7. The molecule has 2 bridgehead atoms. The Morgan fingerprint density at radius 3 is 2.05 bits per heavy atom. The fourth-order valence-electron chi connectivity index (χ4n) is 8.65. The van der Waals surface area contributed by atoms with Crippen molar-refractivity contribution >= 4 is 35.8 Å². The number of alkyl carbamates (subject to hydrolysis) is 1. The van der Waals surface area contributed by atoms with E-state index in [9.17, 15) is 39.3 Å². The highest BCUT2D eigenvalue weighted by atomic mass is 16.6. The van der Waals surface area contributed by atoms with Gasteiger partial charge in [0.1, 0.15) is 23.9 Å². The monoisotopic (exact) mass is 837 g/mol. The highest BCUT2D eigenvalue weighted by molar-refractivity contribution is 5.95. The third-order valence-corrected chi connectivity index (χ3v) is 12.2. The molecule has 5 rings (SSSR count). The lowest BCUT2D eigenvalue weighted by molar-refractivity contribution is -0.255. The van der Waals surface area contributed by atoms with E-state index in [0.717, 1.165) is 6.92 Å². The molecule has 0 aromatic heterocycles. The maximum absolute atomic E-state index is 15.2. The number of amides is 1. The van der Waals surface area contributed by atoms with E-state index in [1.54, 1.807) is 76.2 Å². The first-order valence-electron chi connectivity index (χ1n) is 19.9. The van der Waals surface area contributed by atoms with Crippen molar-refractivity contribution in [3.63, 3.8) is 0 Å². The van der Waals surface area contributed by atoms with E-state index < -0.39 is 113 Å². The summed E-state index contributed by atoms with van der Waals surface area (Å²) >= 11 is 0. The molecule has 10 atom stereocenters. The molecule has 3 aliphatic rings. The number of ketones is 1. The summed E-state index contributed by atoms with van der Waals surface area (Å²) < 4.78 is 34.1. The van der Waals surface area contributed by atoms with E-state index in [0.29, 0.717) is 5.56 Å². The highest BCUT2D eigenvalue weighted by Crippen LogP contribution is 2.57. The standard InChI is InChI=1S/C44H55NO15/c1-9-55-40(53)45-34(27-16-12-10-13-17-27)35(49)39(52)58-29-21-44(54)32(59-38(51)28-18-14-11-15-19-28)22-42(7,30(48)20-31-43(8,23-56-31)60-26(4)47)37(50)36(57-25(3)46)33(24(29)2)41(44,5)6/h10-19,29-32,34-36,48-49,54H,9,20-23H2,1-8H3,(H,45,53)/t29-,30-,31+,32-,34-,35+,36+,42-,43-,44+/m0/s1. The number of fused-ring (bicyclic) bond motifs is 2. The van der Waals surface area contributed by atoms with Gasteiger partial charge in [-0.2, -0.15) is 0 Å². The number of ether oxygens (including phenoxy) is 6. The van der Waals surface area contributed by atoms with Crippen LogP contribution < -0.4 is 5.32 Å². The van der Waals surface area contributed by atoms with Gasteiger partial charge in [0.2, 0.25) is 0 Å². The number of Topliss-reactive ketones (excluding diaryl/α,β-unsaturated/α-hetero) is 1. The topological polar surface area (TPSA) is 231 Å². The summed E-state index contributed by atoms with van der Waals surface area (Å²) in [6.45, 7) is 11.6. The summed E-state index contributed by atoms with van der Waals surface area (Å²) in [7, 11) is 0. The van der Waals surface area contributed by atoms with Gasteiger partial charge < -0.3 is 49.1 Å². The predicted molar refractivity (Wildman–Crippen MR) is 211 cm³/mol. The Balaban J connectivity index is 1.63. The Morgan fingerprint density at radius 2 is 1.50 bits per heavy atom. The molecule has 2 aromatic carbocycles. The van der Waals surface area contributed by atoms with Crippen LogP contribution in [0.1, 0.15) is 96.6 Å². The van der Waals surface area contributed by atoms with Gasteiger partial charge in [0.25, 0.3) is 0 Å². The first-order valence-corrected chi connectivity index (χ1v) is 19.9. The molecule has 1 amide bonds. The molecule has 1 heterocycles. The molecule has 0 unspecified atom stereocenters. The van der Waals surface area contributed by atoms with Crippen LogP contribution in [0.15, 0.2) is 71.8 Å². The Morgan fingerprint density at radius 1 is 0.883 bits per heavy atom. The van der Waals surface area contributed by atoms with Crippen molar-refractivity contribution in [3.8, 4) is 0 Å². The number of benzene rings is 2.